The number of ether oxygens (including phenoxy) is 2. The van der Waals surface area contributed by atoms with Gasteiger partial charge in [0.1, 0.15) is 12.4 Å². The number of likely N-dealkylation sites (tertiary alicyclic amines) is 1. The summed E-state index contributed by atoms with van der Waals surface area (Å²) in [6.45, 7) is 10.2. The minimum Gasteiger partial charge on any atom is -0.492 e. The van der Waals surface area contributed by atoms with Crippen LogP contribution < -0.4 is 10.1 Å². The molecule has 3 rings (SSSR count). The normalized spacial score (nSPS) is 20.7. The SMILES string of the molecule is CCNC(=NCc1cccc(OCCN2CCOCC2)c1)N1CC[C@@H](O)C1.I. The molecule has 1 aromatic rings. The average Bonchev–Trinajstić information content (AvgIpc) is 3.12. The summed E-state index contributed by atoms with van der Waals surface area (Å²) in [5.41, 5.74) is 1.12. The molecule has 1 aromatic carbocycles. The highest BCUT2D eigenvalue weighted by Crippen LogP contribution is 2.15. The van der Waals surface area contributed by atoms with E-state index in [1.54, 1.807) is 0 Å². The van der Waals surface area contributed by atoms with Crippen molar-refractivity contribution >= 4 is 29.9 Å². The van der Waals surface area contributed by atoms with Crippen LogP contribution in [0.5, 0.6) is 5.75 Å². The second-order valence-electron chi connectivity index (χ2n) is 7.01. The number of nitrogens with one attached hydrogen (secondary N) is 1. The summed E-state index contributed by atoms with van der Waals surface area (Å²) >= 11 is 0. The van der Waals surface area contributed by atoms with E-state index in [1.165, 1.54) is 0 Å². The third-order valence-corrected chi connectivity index (χ3v) is 4.89. The molecule has 2 heterocycles. The molecule has 2 aliphatic rings. The first-order chi connectivity index (χ1) is 13.2. The van der Waals surface area contributed by atoms with Crippen LogP contribution in [-0.2, 0) is 11.3 Å². The number of aliphatic imine (C=N–C) groups is 1. The molecule has 7 nitrogen and oxygen atoms in total. The van der Waals surface area contributed by atoms with Crippen LogP contribution in [0, 0.1) is 0 Å². The Morgan fingerprint density at radius 2 is 2.14 bits per heavy atom. The van der Waals surface area contributed by atoms with Gasteiger partial charge >= 0.3 is 0 Å². The third-order valence-electron chi connectivity index (χ3n) is 4.89. The van der Waals surface area contributed by atoms with E-state index in [4.69, 9.17) is 14.5 Å². The maximum absolute atomic E-state index is 9.76. The molecule has 2 aliphatic heterocycles. The van der Waals surface area contributed by atoms with Crippen LogP contribution in [-0.4, -0.2) is 86.1 Å². The highest BCUT2D eigenvalue weighted by atomic mass is 127. The number of hydrogen-bond donors (Lipinski definition) is 2. The highest BCUT2D eigenvalue weighted by molar-refractivity contribution is 14.0. The quantitative estimate of drug-likeness (QED) is 0.334. The van der Waals surface area contributed by atoms with Crippen molar-refractivity contribution in [3.63, 3.8) is 0 Å². The zero-order valence-corrected chi connectivity index (χ0v) is 19.0. The van der Waals surface area contributed by atoms with Gasteiger partial charge < -0.3 is 24.8 Å². The van der Waals surface area contributed by atoms with E-state index >= 15 is 0 Å². The van der Waals surface area contributed by atoms with Gasteiger partial charge in [0, 0.05) is 39.3 Å². The van der Waals surface area contributed by atoms with Crippen molar-refractivity contribution in [3.8, 4) is 5.75 Å². The van der Waals surface area contributed by atoms with Crippen LogP contribution in [0.15, 0.2) is 29.3 Å². The molecule has 0 unspecified atom stereocenters. The van der Waals surface area contributed by atoms with Crippen molar-refractivity contribution in [2.45, 2.75) is 26.0 Å². The molecule has 28 heavy (non-hydrogen) atoms. The largest absolute Gasteiger partial charge is 0.492 e. The van der Waals surface area contributed by atoms with Gasteiger partial charge in [-0.1, -0.05) is 12.1 Å². The van der Waals surface area contributed by atoms with Crippen LogP contribution in [0.2, 0.25) is 0 Å². The number of halogens is 1. The van der Waals surface area contributed by atoms with Crippen molar-refractivity contribution in [2.75, 3.05) is 59.1 Å². The first-order valence-electron chi connectivity index (χ1n) is 9.98. The predicted molar refractivity (Wildman–Crippen MR) is 122 cm³/mol. The van der Waals surface area contributed by atoms with E-state index in [9.17, 15) is 5.11 Å². The number of aliphatic hydroxyl groups is 1. The standard InChI is InChI=1S/C20H32N4O3.HI/c1-2-21-20(24-7-6-18(25)16-24)22-15-17-4-3-5-19(14-17)27-13-10-23-8-11-26-12-9-23;/h3-5,14,18,25H,2,6-13,15-16H2,1H3,(H,21,22);1H/t18-;/m1./s1. The Morgan fingerprint density at radius 1 is 1.32 bits per heavy atom. The van der Waals surface area contributed by atoms with Gasteiger partial charge in [0.05, 0.1) is 25.9 Å². The fourth-order valence-electron chi connectivity index (χ4n) is 3.38. The summed E-state index contributed by atoms with van der Waals surface area (Å²) in [6, 6.07) is 8.14. The third kappa shape index (κ3) is 7.38. The van der Waals surface area contributed by atoms with Gasteiger partial charge in [-0.25, -0.2) is 4.99 Å². The van der Waals surface area contributed by atoms with Crippen molar-refractivity contribution in [2.24, 2.45) is 4.99 Å². The van der Waals surface area contributed by atoms with Crippen LogP contribution in [0.25, 0.3) is 0 Å². The lowest BCUT2D eigenvalue weighted by atomic mass is 10.2. The molecule has 0 radical (unpaired) electrons. The maximum atomic E-state index is 9.76. The molecule has 2 saturated heterocycles. The van der Waals surface area contributed by atoms with Gasteiger partial charge in [0.2, 0.25) is 0 Å². The fourth-order valence-corrected chi connectivity index (χ4v) is 3.38. The van der Waals surface area contributed by atoms with E-state index < -0.39 is 0 Å². The second-order valence-corrected chi connectivity index (χ2v) is 7.01. The fraction of sp³-hybridized carbons (Fsp3) is 0.650. The van der Waals surface area contributed by atoms with Crippen molar-refractivity contribution in [1.82, 2.24) is 15.1 Å². The molecular weight excluding hydrogens is 471 g/mol. The van der Waals surface area contributed by atoms with Crippen LogP contribution in [0.1, 0.15) is 18.9 Å². The summed E-state index contributed by atoms with van der Waals surface area (Å²) in [5, 5.41) is 13.1. The monoisotopic (exact) mass is 504 g/mol. The molecule has 0 bridgehead atoms. The minimum atomic E-state index is -0.253. The van der Waals surface area contributed by atoms with Crippen molar-refractivity contribution < 1.29 is 14.6 Å². The summed E-state index contributed by atoms with van der Waals surface area (Å²) in [5.74, 6) is 1.75. The molecule has 2 N–H and O–H groups in total. The Labute approximate surface area is 185 Å². The number of β-amino-alcohol motifs (C(OH)–C–C–N with tert-alkyl or cyclic N) is 1. The van der Waals surface area contributed by atoms with Gasteiger partial charge in [0.25, 0.3) is 0 Å². The van der Waals surface area contributed by atoms with Gasteiger partial charge in [-0.3, -0.25) is 4.90 Å². The Hall–Kier alpha value is -1.10. The lowest BCUT2D eigenvalue weighted by Crippen LogP contribution is -2.40. The molecule has 0 amide bonds. The Kier molecular flexibility index (Phi) is 10.3. The highest BCUT2D eigenvalue weighted by Gasteiger charge is 2.22. The van der Waals surface area contributed by atoms with Crippen LogP contribution in [0.3, 0.4) is 0 Å². The number of aliphatic hydroxyl groups excluding tert-OH is 1. The summed E-state index contributed by atoms with van der Waals surface area (Å²) in [7, 11) is 0. The lowest BCUT2D eigenvalue weighted by molar-refractivity contribution is 0.0322. The van der Waals surface area contributed by atoms with Crippen molar-refractivity contribution in [3.05, 3.63) is 29.8 Å². The second kappa shape index (κ2) is 12.5. The number of rotatable bonds is 7. The maximum Gasteiger partial charge on any atom is 0.194 e. The number of benzene rings is 1. The van der Waals surface area contributed by atoms with E-state index in [-0.39, 0.29) is 30.1 Å². The molecule has 0 spiro atoms. The predicted octanol–water partition coefficient (Wildman–Crippen LogP) is 1.55. The zero-order valence-electron chi connectivity index (χ0n) is 16.7. The summed E-state index contributed by atoms with van der Waals surface area (Å²) in [4.78, 5) is 9.23. The first-order valence-corrected chi connectivity index (χ1v) is 9.98. The van der Waals surface area contributed by atoms with E-state index in [1.807, 2.05) is 12.1 Å². The lowest BCUT2D eigenvalue weighted by Gasteiger charge is -2.26. The van der Waals surface area contributed by atoms with Crippen molar-refractivity contribution in [1.29, 1.82) is 0 Å². The Bertz CT molecular complexity index is 611. The van der Waals surface area contributed by atoms with Gasteiger partial charge in [-0.05, 0) is 31.0 Å². The summed E-state index contributed by atoms with van der Waals surface area (Å²) in [6.07, 6.45) is 0.550. The summed E-state index contributed by atoms with van der Waals surface area (Å²) < 4.78 is 11.3. The Morgan fingerprint density at radius 3 is 2.86 bits per heavy atom. The van der Waals surface area contributed by atoms with E-state index in [0.717, 1.165) is 69.6 Å². The number of hydrogen-bond acceptors (Lipinski definition) is 5. The molecule has 0 aliphatic carbocycles. The van der Waals surface area contributed by atoms with E-state index in [2.05, 4.69) is 34.2 Å². The number of guanidine groups is 1. The van der Waals surface area contributed by atoms with Crippen LogP contribution in [0.4, 0.5) is 0 Å². The van der Waals surface area contributed by atoms with Crippen LogP contribution >= 0.6 is 24.0 Å². The number of morpholine rings is 1. The minimum absolute atomic E-state index is 0. The molecule has 158 valence electrons. The topological polar surface area (TPSA) is 69.6 Å². The van der Waals surface area contributed by atoms with Gasteiger partial charge in [0.15, 0.2) is 5.96 Å². The molecule has 2 fully saturated rings. The van der Waals surface area contributed by atoms with Gasteiger partial charge in [-0.15, -0.1) is 24.0 Å². The van der Waals surface area contributed by atoms with Gasteiger partial charge in [-0.2, -0.15) is 0 Å². The molecular formula is C20H33IN4O3. The first kappa shape index (κ1) is 23.2. The zero-order chi connectivity index (χ0) is 18.9. The van der Waals surface area contributed by atoms with E-state index in [0.29, 0.717) is 19.7 Å². The average molecular weight is 504 g/mol. The number of nitrogens with zero attached hydrogens (tertiary/aromatic N) is 3. The molecule has 0 aromatic heterocycles. The molecule has 8 heteroatoms. The molecule has 1 atom stereocenters. The smallest absolute Gasteiger partial charge is 0.194 e. The molecule has 0 saturated carbocycles. The Balaban J connectivity index is 0.00000280.